The number of hydrogen-bond acceptors (Lipinski definition) is 3. The van der Waals surface area contributed by atoms with Crippen LogP contribution in [0.25, 0.3) is 5.69 Å². The van der Waals surface area contributed by atoms with Crippen molar-refractivity contribution in [3.05, 3.63) is 41.5 Å². The Bertz CT molecular complexity index is 595. The van der Waals surface area contributed by atoms with E-state index < -0.39 is 17.5 Å². The fourth-order valence-electron chi connectivity index (χ4n) is 1.74. The first-order chi connectivity index (χ1) is 9.49. The van der Waals surface area contributed by atoms with Crippen molar-refractivity contribution >= 4 is 0 Å². The minimum atomic E-state index is -1.23. The van der Waals surface area contributed by atoms with Gasteiger partial charge in [0.2, 0.25) is 0 Å². The minimum Gasteiger partial charge on any atom is -0.311 e. The molecule has 0 amide bonds. The molecule has 4 nitrogen and oxygen atoms in total. The molecule has 2 aromatic rings. The topological polar surface area (TPSA) is 42.7 Å². The van der Waals surface area contributed by atoms with Crippen molar-refractivity contribution in [1.29, 1.82) is 0 Å². The fourth-order valence-corrected chi connectivity index (χ4v) is 1.74. The maximum atomic E-state index is 13.7. The molecule has 0 aliphatic rings. The predicted molar refractivity (Wildman–Crippen MR) is 67.8 cm³/mol. The maximum absolute atomic E-state index is 13.7. The second-order valence-corrected chi connectivity index (χ2v) is 4.88. The lowest BCUT2D eigenvalue weighted by Crippen LogP contribution is -2.21. The van der Waals surface area contributed by atoms with Crippen LogP contribution < -0.4 is 5.32 Å². The Morgan fingerprint density at radius 1 is 1.15 bits per heavy atom. The third kappa shape index (κ3) is 3.16. The molecule has 7 heteroatoms. The first kappa shape index (κ1) is 14.5. The van der Waals surface area contributed by atoms with E-state index in [9.17, 15) is 13.2 Å². The van der Waals surface area contributed by atoms with Gasteiger partial charge in [0.15, 0.2) is 17.5 Å². The number of benzene rings is 1. The monoisotopic (exact) mass is 284 g/mol. The summed E-state index contributed by atoms with van der Waals surface area (Å²) in [5.41, 5.74) is 0.401. The van der Waals surface area contributed by atoms with Gasteiger partial charge >= 0.3 is 0 Å². The Morgan fingerprint density at radius 2 is 1.85 bits per heavy atom. The summed E-state index contributed by atoms with van der Waals surface area (Å²) in [5.74, 6) is -2.79. The van der Waals surface area contributed by atoms with E-state index in [2.05, 4.69) is 29.5 Å². The van der Waals surface area contributed by atoms with Crippen LogP contribution in [0.2, 0.25) is 0 Å². The Labute approximate surface area is 114 Å². The van der Waals surface area contributed by atoms with Crippen LogP contribution in [0, 0.1) is 23.4 Å². The smallest absolute Gasteiger partial charge is 0.161 e. The average molecular weight is 284 g/mol. The molecule has 0 spiro atoms. The van der Waals surface area contributed by atoms with E-state index in [0.717, 1.165) is 17.3 Å². The van der Waals surface area contributed by atoms with E-state index in [1.54, 1.807) is 0 Å². The van der Waals surface area contributed by atoms with Gasteiger partial charge in [-0.25, -0.2) is 17.9 Å². The molecule has 0 unspecified atom stereocenters. The van der Waals surface area contributed by atoms with E-state index in [0.29, 0.717) is 24.2 Å². The van der Waals surface area contributed by atoms with Crippen molar-refractivity contribution in [3.8, 4) is 5.69 Å². The molecule has 20 heavy (non-hydrogen) atoms. The van der Waals surface area contributed by atoms with Crippen LogP contribution >= 0.6 is 0 Å². The van der Waals surface area contributed by atoms with Crippen molar-refractivity contribution < 1.29 is 13.2 Å². The van der Waals surface area contributed by atoms with Gasteiger partial charge in [0, 0.05) is 18.7 Å². The molecule has 1 aromatic carbocycles. The first-order valence-corrected chi connectivity index (χ1v) is 6.24. The highest BCUT2D eigenvalue weighted by molar-refractivity contribution is 5.34. The molecule has 0 radical (unpaired) electrons. The van der Waals surface area contributed by atoms with Gasteiger partial charge in [0.25, 0.3) is 0 Å². The highest BCUT2D eigenvalue weighted by atomic mass is 19.2. The fraction of sp³-hybridized carbons (Fsp3) is 0.385. The van der Waals surface area contributed by atoms with Gasteiger partial charge in [-0.3, -0.25) is 0 Å². The zero-order valence-electron chi connectivity index (χ0n) is 11.2. The number of rotatable bonds is 5. The molecule has 1 aromatic heterocycles. The quantitative estimate of drug-likeness (QED) is 0.858. The largest absolute Gasteiger partial charge is 0.311 e. The second kappa shape index (κ2) is 6.04. The standard InChI is InChI=1S/C13H15F3N4/c1-8(2)5-17-6-9-7-18-19-20(9)13-4-11(15)10(14)3-12(13)16/h3-4,7-8,17H,5-6H2,1-2H3. The highest BCUT2D eigenvalue weighted by Gasteiger charge is 2.15. The molecule has 108 valence electrons. The minimum absolute atomic E-state index is 0.164. The van der Waals surface area contributed by atoms with Crippen LogP contribution in [0.4, 0.5) is 13.2 Å². The second-order valence-electron chi connectivity index (χ2n) is 4.88. The highest BCUT2D eigenvalue weighted by Crippen LogP contribution is 2.18. The van der Waals surface area contributed by atoms with Crippen molar-refractivity contribution in [2.75, 3.05) is 6.54 Å². The number of nitrogens with one attached hydrogen (secondary N) is 1. The molecule has 0 aliphatic heterocycles. The Kier molecular flexibility index (Phi) is 4.39. The van der Waals surface area contributed by atoms with E-state index in [4.69, 9.17) is 0 Å². The van der Waals surface area contributed by atoms with E-state index >= 15 is 0 Å². The summed E-state index contributed by atoms with van der Waals surface area (Å²) >= 11 is 0. The Morgan fingerprint density at radius 3 is 2.55 bits per heavy atom. The van der Waals surface area contributed by atoms with Crippen LogP contribution in [0.15, 0.2) is 18.3 Å². The Balaban J connectivity index is 2.25. The third-order valence-electron chi connectivity index (χ3n) is 2.70. The van der Waals surface area contributed by atoms with E-state index in [-0.39, 0.29) is 5.69 Å². The predicted octanol–water partition coefficient (Wildman–Crippen LogP) is 2.43. The third-order valence-corrected chi connectivity index (χ3v) is 2.70. The zero-order valence-corrected chi connectivity index (χ0v) is 11.2. The van der Waals surface area contributed by atoms with E-state index in [1.165, 1.54) is 6.20 Å². The number of halogens is 3. The summed E-state index contributed by atoms with van der Waals surface area (Å²) in [5, 5.41) is 10.5. The summed E-state index contributed by atoms with van der Waals surface area (Å²) in [6.07, 6.45) is 1.45. The van der Waals surface area contributed by atoms with Crippen molar-refractivity contribution in [2.45, 2.75) is 20.4 Å². The number of hydrogen-bond donors (Lipinski definition) is 1. The zero-order chi connectivity index (χ0) is 14.7. The van der Waals surface area contributed by atoms with Gasteiger partial charge in [-0.1, -0.05) is 19.1 Å². The molecule has 0 bridgehead atoms. The van der Waals surface area contributed by atoms with Crippen molar-refractivity contribution in [1.82, 2.24) is 20.3 Å². The molecular weight excluding hydrogens is 269 g/mol. The normalized spacial score (nSPS) is 11.3. The summed E-state index contributed by atoms with van der Waals surface area (Å²) < 4.78 is 41.0. The summed E-state index contributed by atoms with van der Waals surface area (Å²) in [4.78, 5) is 0. The first-order valence-electron chi connectivity index (χ1n) is 6.24. The van der Waals surface area contributed by atoms with Gasteiger partial charge in [0.1, 0.15) is 5.69 Å². The molecule has 0 aliphatic carbocycles. The molecule has 0 saturated heterocycles. The van der Waals surface area contributed by atoms with Crippen LogP contribution in [0.1, 0.15) is 19.5 Å². The van der Waals surface area contributed by atoms with Gasteiger partial charge in [-0.05, 0) is 12.5 Å². The lowest BCUT2D eigenvalue weighted by Gasteiger charge is -2.10. The van der Waals surface area contributed by atoms with Gasteiger partial charge in [-0.15, -0.1) is 5.10 Å². The molecule has 0 atom stereocenters. The number of nitrogens with zero attached hydrogens (tertiary/aromatic N) is 3. The summed E-state index contributed by atoms with van der Waals surface area (Å²) in [6.45, 7) is 5.28. The van der Waals surface area contributed by atoms with Crippen LogP contribution in [-0.2, 0) is 6.54 Å². The molecular formula is C13H15F3N4. The van der Waals surface area contributed by atoms with Gasteiger partial charge < -0.3 is 5.32 Å². The SMILES string of the molecule is CC(C)CNCc1cnnn1-c1cc(F)c(F)cc1F. The van der Waals surface area contributed by atoms with Crippen molar-refractivity contribution in [2.24, 2.45) is 5.92 Å². The summed E-state index contributed by atoms with van der Waals surface area (Å²) in [6, 6.07) is 1.27. The number of aromatic nitrogens is 3. The van der Waals surface area contributed by atoms with Crippen LogP contribution in [0.5, 0.6) is 0 Å². The van der Waals surface area contributed by atoms with Crippen LogP contribution in [-0.4, -0.2) is 21.5 Å². The molecule has 0 fully saturated rings. The summed E-state index contributed by atoms with van der Waals surface area (Å²) in [7, 11) is 0. The van der Waals surface area contributed by atoms with Gasteiger partial charge in [-0.2, -0.15) is 0 Å². The molecule has 1 heterocycles. The molecule has 0 saturated carbocycles. The average Bonchev–Trinajstić information content (AvgIpc) is 2.81. The Hall–Kier alpha value is -1.89. The molecule has 1 N–H and O–H groups in total. The van der Waals surface area contributed by atoms with E-state index in [1.807, 2.05) is 0 Å². The van der Waals surface area contributed by atoms with Gasteiger partial charge in [0.05, 0.1) is 11.9 Å². The van der Waals surface area contributed by atoms with Crippen molar-refractivity contribution in [3.63, 3.8) is 0 Å². The lowest BCUT2D eigenvalue weighted by atomic mass is 10.2. The van der Waals surface area contributed by atoms with Crippen LogP contribution in [0.3, 0.4) is 0 Å². The molecule has 2 rings (SSSR count). The maximum Gasteiger partial charge on any atom is 0.161 e. The lowest BCUT2D eigenvalue weighted by molar-refractivity contribution is 0.489.